The highest BCUT2D eigenvalue weighted by Crippen LogP contribution is 2.23. The number of benzene rings is 1. The number of anilines is 1. The van der Waals surface area contributed by atoms with E-state index in [9.17, 15) is 9.18 Å². The van der Waals surface area contributed by atoms with E-state index in [2.05, 4.69) is 27.2 Å². The van der Waals surface area contributed by atoms with E-state index in [-0.39, 0.29) is 17.6 Å². The first-order chi connectivity index (χ1) is 8.49. The third kappa shape index (κ3) is 3.47. The van der Waals surface area contributed by atoms with E-state index >= 15 is 0 Å². The first kappa shape index (κ1) is 14.5. The van der Waals surface area contributed by atoms with E-state index in [1.807, 2.05) is 6.92 Å². The van der Waals surface area contributed by atoms with Crippen LogP contribution in [0.4, 0.5) is 10.1 Å². The van der Waals surface area contributed by atoms with Gasteiger partial charge in [-0.25, -0.2) is 4.39 Å². The Labute approximate surface area is 114 Å². The van der Waals surface area contributed by atoms with Gasteiger partial charge >= 0.3 is 0 Å². The monoisotopic (exact) mass is 312 g/mol. The van der Waals surface area contributed by atoms with Crippen molar-refractivity contribution in [1.29, 1.82) is 0 Å². The van der Waals surface area contributed by atoms with Crippen LogP contribution in [0.1, 0.15) is 30.1 Å². The maximum Gasteiger partial charge on any atom is 0.252 e. The number of hydrogen-bond acceptors (Lipinski definition) is 2. The zero-order chi connectivity index (χ0) is 13.7. The molecule has 0 aliphatic rings. The third-order valence-electron chi connectivity index (χ3n) is 2.52. The molecule has 0 aliphatic heterocycles. The van der Waals surface area contributed by atoms with Crippen LogP contribution in [0.25, 0.3) is 0 Å². The predicted molar refractivity (Wildman–Crippen MR) is 73.5 cm³/mol. The number of carbonyl (C=O) groups is 1. The summed E-state index contributed by atoms with van der Waals surface area (Å²) in [5, 5.41) is 2.78. The van der Waals surface area contributed by atoms with Crippen LogP contribution < -0.4 is 11.1 Å². The Bertz CT molecular complexity index is 496. The van der Waals surface area contributed by atoms with Crippen molar-refractivity contribution in [2.24, 2.45) is 0 Å². The van der Waals surface area contributed by atoms with Crippen LogP contribution in [0.5, 0.6) is 0 Å². The van der Waals surface area contributed by atoms with Crippen molar-refractivity contribution < 1.29 is 9.18 Å². The SMILES string of the molecule is C#CCC(CC)NC(=O)c1cc(N)c(F)cc1Br. The maximum atomic E-state index is 13.2. The smallest absolute Gasteiger partial charge is 0.252 e. The second-order valence-electron chi connectivity index (χ2n) is 3.84. The zero-order valence-electron chi connectivity index (χ0n) is 9.97. The average Bonchev–Trinajstić information content (AvgIpc) is 2.33. The molecule has 1 unspecified atom stereocenters. The Morgan fingerprint density at radius 1 is 1.67 bits per heavy atom. The van der Waals surface area contributed by atoms with Crippen LogP contribution in [0.15, 0.2) is 16.6 Å². The highest BCUT2D eigenvalue weighted by Gasteiger charge is 2.16. The van der Waals surface area contributed by atoms with Gasteiger partial charge < -0.3 is 11.1 Å². The summed E-state index contributed by atoms with van der Waals surface area (Å²) < 4.78 is 13.5. The summed E-state index contributed by atoms with van der Waals surface area (Å²) in [5.74, 6) is 1.62. The summed E-state index contributed by atoms with van der Waals surface area (Å²) in [5.41, 5.74) is 5.68. The van der Waals surface area contributed by atoms with Gasteiger partial charge in [0.2, 0.25) is 0 Å². The molecule has 18 heavy (non-hydrogen) atoms. The van der Waals surface area contributed by atoms with Gasteiger partial charge in [0.25, 0.3) is 5.91 Å². The van der Waals surface area contributed by atoms with Crippen LogP contribution in [0, 0.1) is 18.2 Å². The molecule has 0 heterocycles. The van der Waals surface area contributed by atoms with Gasteiger partial charge in [0.05, 0.1) is 11.3 Å². The van der Waals surface area contributed by atoms with Crippen molar-refractivity contribution in [3.8, 4) is 12.3 Å². The van der Waals surface area contributed by atoms with Crippen molar-refractivity contribution in [3.05, 3.63) is 28.0 Å². The molecule has 1 atom stereocenters. The van der Waals surface area contributed by atoms with Gasteiger partial charge in [-0.05, 0) is 34.5 Å². The van der Waals surface area contributed by atoms with E-state index in [4.69, 9.17) is 12.2 Å². The molecule has 1 aromatic rings. The Hall–Kier alpha value is -1.54. The van der Waals surface area contributed by atoms with Crippen LogP contribution in [-0.4, -0.2) is 11.9 Å². The molecule has 1 aromatic carbocycles. The van der Waals surface area contributed by atoms with Crippen LogP contribution in [0.3, 0.4) is 0 Å². The number of hydrogen-bond donors (Lipinski definition) is 2. The Morgan fingerprint density at radius 3 is 2.89 bits per heavy atom. The van der Waals surface area contributed by atoms with E-state index in [1.165, 1.54) is 12.1 Å². The highest BCUT2D eigenvalue weighted by atomic mass is 79.9. The lowest BCUT2D eigenvalue weighted by Crippen LogP contribution is -2.34. The Morgan fingerprint density at radius 2 is 2.33 bits per heavy atom. The summed E-state index contributed by atoms with van der Waals surface area (Å²) in [6.45, 7) is 1.93. The predicted octanol–water partition coefficient (Wildman–Crippen LogP) is 2.70. The molecule has 3 nitrogen and oxygen atoms in total. The average molecular weight is 313 g/mol. The second-order valence-corrected chi connectivity index (χ2v) is 4.69. The van der Waals surface area contributed by atoms with Gasteiger partial charge in [-0.1, -0.05) is 6.92 Å². The van der Waals surface area contributed by atoms with Crippen molar-refractivity contribution in [1.82, 2.24) is 5.32 Å². The molecule has 1 rings (SSSR count). The summed E-state index contributed by atoms with van der Waals surface area (Å²) >= 11 is 3.14. The minimum atomic E-state index is -0.561. The number of nitrogens with one attached hydrogen (secondary N) is 1. The van der Waals surface area contributed by atoms with Crippen molar-refractivity contribution in [2.45, 2.75) is 25.8 Å². The van der Waals surface area contributed by atoms with Crippen molar-refractivity contribution in [3.63, 3.8) is 0 Å². The number of nitrogen functional groups attached to an aromatic ring is 1. The first-order valence-electron chi connectivity index (χ1n) is 5.48. The van der Waals surface area contributed by atoms with Gasteiger partial charge in [-0.15, -0.1) is 12.3 Å². The molecule has 96 valence electrons. The molecule has 0 saturated carbocycles. The fourth-order valence-corrected chi connectivity index (χ4v) is 1.94. The van der Waals surface area contributed by atoms with Gasteiger partial charge in [0, 0.05) is 16.9 Å². The van der Waals surface area contributed by atoms with Crippen LogP contribution in [-0.2, 0) is 0 Å². The van der Waals surface area contributed by atoms with E-state index in [1.54, 1.807) is 0 Å². The fourth-order valence-electron chi connectivity index (χ4n) is 1.44. The normalized spacial score (nSPS) is 11.7. The van der Waals surface area contributed by atoms with Gasteiger partial charge in [0.1, 0.15) is 5.82 Å². The maximum absolute atomic E-state index is 13.2. The second kappa shape index (κ2) is 6.41. The minimum absolute atomic E-state index is 0.0617. The van der Waals surface area contributed by atoms with E-state index in [0.717, 1.165) is 6.42 Å². The summed E-state index contributed by atoms with van der Waals surface area (Å²) in [7, 11) is 0. The molecule has 1 amide bonds. The topological polar surface area (TPSA) is 55.1 Å². The number of amides is 1. The summed E-state index contributed by atoms with van der Waals surface area (Å²) in [6, 6.07) is 2.38. The molecule has 5 heteroatoms. The lowest BCUT2D eigenvalue weighted by Gasteiger charge is -2.15. The van der Waals surface area contributed by atoms with Crippen molar-refractivity contribution >= 4 is 27.5 Å². The highest BCUT2D eigenvalue weighted by molar-refractivity contribution is 9.10. The number of nitrogens with two attached hydrogens (primary N) is 1. The lowest BCUT2D eigenvalue weighted by molar-refractivity contribution is 0.0936. The minimum Gasteiger partial charge on any atom is -0.396 e. The van der Waals surface area contributed by atoms with Gasteiger partial charge in [-0.2, -0.15) is 0 Å². The molecule has 0 aliphatic carbocycles. The third-order valence-corrected chi connectivity index (χ3v) is 3.18. The Kier molecular flexibility index (Phi) is 5.17. The summed E-state index contributed by atoms with van der Waals surface area (Å²) in [6.07, 6.45) is 6.39. The molecule has 0 radical (unpaired) electrons. The number of terminal acetylenes is 1. The molecule has 0 spiro atoms. The quantitative estimate of drug-likeness (QED) is 0.663. The van der Waals surface area contributed by atoms with E-state index in [0.29, 0.717) is 16.5 Å². The lowest BCUT2D eigenvalue weighted by atomic mass is 10.1. The fraction of sp³-hybridized carbons (Fsp3) is 0.308. The van der Waals surface area contributed by atoms with Crippen LogP contribution >= 0.6 is 15.9 Å². The number of halogens is 2. The molecule has 0 aromatic heterocycles. The van der Waals surface area contributed by atoms with E-state index < -0.39 is 5.82 Å². The first-order valence-corrected chi connectivity index (χ1v) is 6.27. The molecule has 0 bridgehead atoms. The van der Waals surface area contributed by atoms with Gasteiger partial charge in [-0.3, -0.25) is 4.79 Å². The van der Waals surface area contributed by atoms with Gasteiger partial charge in [0.15, 0.2) is 0 Å². The molecule has 0 fully saturated rings. The molecular formula is C13H14BrFN2O. The summed E-state index contributed by atoms with van der Waals surface area (Å²) in [4.78, 5) is 12.0. The molecule has 0 saturated heterocycles. The standard InChI is InChI=1S/C13H14BrFN2O/c1-3-5-8(4-2)17-13(18)9-6-12(16)11(15)7-10(9)14/h1,6-8H,4-5,16H2,2H3,(H,17,18). The molecule has 3 N–H and O–H groups in total. The Balaban J connectivity index is 2.91. The number of carbonyl (C=O) groups excluding carboxylic acids is 1. The number of rotatable bonds is 4. The molecular weight excluding hydrogens is 299 g/mol. The zero-order valence-corrected chi connectivity index (χ0v) is 11.6. The van der Waals surface area contributed by atoms with Crippen molar-refractivity contribution in [2.75, 3.05) is 5.73 Å². The largest absolute Gasteiger partial charge is 0.396 e. The van der Waals surface area contributed by atoms with Crippen LogP contribution in [0.2, 0.25) is 0 Å².